The van der Waals surface area contributed by atoms with Crippen molar-refractivity contribution in [2.45, 2.75) is 43.8 Å². The van der Waals surface area contributed by atoms with Crippen LogP contribution < -0.4 is 0 Å². The second kappa shape index (κ2) is 8.67. The van der Waals surface area contributed by atoms with Gasteiger partial charge >= 0.3 is 5.97 Å². The van der Waals surface area contributed by atoms with Gasteiger partial charge in [-0.3, -0.25) is 8.98 Å². The summed E-state index contributed by atoms with van der Waals surface area (Å²) in [5, 5.41) is 9.78. The lowest BCUT2D eigenvalue weighted by Crippen LogP contribution is -2.22. The van der Waals surface area contributed by atoms with Gasteiger partial charge in [0, 0.05) is 6.92 Å². The highest BCUT2D eigenvalue weighted by Crippen LogP contribution is 2.14. The van der Waals surface area contributed by atoms with Gasteiger partial charge in [-0.05, 0) is 31.9 Å². The summed E-state index contributed by atoms with van der Waals surface area (Å²) in [4.78, 5) is 10.8. The highest BCUT2D eigenvalue weighted by atomic mass is 32.2. The minimum absolute atomic E-state index is 0.0247. The largest absolute Gasteiger partial charge is 0.449 e. The highest BCUT2D eigenvalue weighted by molar-refractivity contribution is 7.86. The maximum atomic E-state index is 12.0. The minimum Gasteiger partial charge on any atom is -0.449 e. The second-order valence-electron chi connectivity index (χ2n) is 5.05. The number of aryl methyl sites for hydroxylation is 1. The molecule has 0 heterocycles. The van der Waals surface area contributed by atoms with E-state index < -0.39 is 34.9 Å². The maximum Gasteiger partial charge on any atom is 0.303 e. The molecule has 1 aromatic rings. The third-order valence-corrected chi connectivity index (χ3v) is 4.28. The molecule has 0 saturated carbocycles. The summed E-state index contributed by atoms with van der Waals surface area (Å²) in [7, 11) is -3.92. The standard InChI is InChI=1S/C16H20O6S/c1-4-15(22-13(3)17)8-7-14(18)11-21-23(19,20)16-9-5-12(2)6-10-16/h1,5-6,9-10,14-15,18H,7-8,11H2,2-3H3/t14-,15+/m0/s1. The molecular formula is C16H20O6S. The summed E-state index contributed by atoms with van der Waals surface area (Å²) >= 11 is 0. The Morgan fingerprint density at radius 3 is 2.43 bits per heavy atom. The molecule has 0 aromatic heterocycles. The molecule has 23 heavy (non-hydrogen) atoms. The molecule has 0 aliphatic heterocycles. The van der Waals surface area contributed by atoms with Gasteiger partial charge in [-0.15, -0.1) is 6.42 Å². The van der Waals surface area contributed by atoms with Crippen LogP contribution in [0, 0.1) is 19.3 Å². The van der Waals surface area contributed by atoms with Gasteiger partial charge in [0.1, 0.15) is 0 Å². The van der Waals surface area contributed by atoms with Crippen molar-refractivity contribution >= 4 is 16.1 Å². The zero-order valence-corrected chi connectivity index (χ0v) is 13.9. The van der Waals surface area contributed by atoms with Crippen LogP contribution in [0.5, 0.6) is 0 Å². The van der Waals surface area contributed by atoms with E-state index in [1.807, 2.05) is 6.92 Å². The normalized spacial score (nSPS) is 13.8. The fourth-order valence-electron chi connectivity index (χ4n) is 1.74. The van der Waals surface area contributed by atoms with Gasteiger partial charge in [0.15, 0.2) is 6.10 Å². The topological polar surface area (TPSA) is 89.9 Å². The summed E-state index contributed by atoms with van der Waals surface area (Å²) in [6.45, 7) is 2.68. The highest BCUT2D eigenvalue weighted by Gasteiger charge is 2.18. The van der Waals surface area contributed by atoms with Crippen LogP contribution in [-0.2, 0) is 23.8 Å². The molecule has 0 spiro atoms. The molecule has 1 aromatic carbocycles. The van der Waals surface area contributed by atoms with E-state index in [2.05, 4.69) is 5.92 Å². The van der Waals surface area contributed by atoms with E-state index in [0.717, 1.165) is 5.56 Å². The van der Waals surface area contributed by atoms with Crippen LogP contribution in [-0.4, -0.2) is 38.3 Å². The van der Waals surface area contributed by atoms with Crippen molar-refractivity contribution in [1.82, 2.24) is 0 Å². The van der Waals surface area contributed by atoms with Crippen LogP contribution in [0.3, 0.4) is 0 Å². The lowest BCUT2D eigenvalue weighted by atomic mass is 10.1. The van der Waals surface area contributed by atoms with E-state index >= 15 is 0 Å². The first kappa shape index (κ1) is 19.2. The van der Waals surface area contributed by atoms with Crippen LogP contribution in [0.15, 0.2) is 29.2 Å². The molecule has 0 aliphatic rings. The molecular weight excluding hydrogens is 320 g/mol. The van der Waals surface area contributed by atoms with Crippen LogP contribution >= 0.6 is 0 Å². The predicted octanol–water partition coefficient (Wildman–Crippen LogP) is 1.41. The summed E-state index contributed by atoms with van der Waals surface area (Å²) < 4.78 is 33.6. The summed E-state index contributed by atoms with van der Waals surface area (Å²) in [6, 6.07) is 6.19. The maximum absolute atomic E-state index is 12.0. The predicted molar refractivity (Wildman–Crippen MR) is 83.9 cm³/mol. The first-order valence-corrected chi connectivity index (χ1v) is 8.43. The molecule has 0 saturated heterocycles. The number of hydrogen-bond donors (Lipinski definition) is 1. The zero-order chi connectivity index (χ0) is 17.5. The first-order valence-electron chi connectivity index (χ1n) is 7.02. The Morgan fingerprint density at radius 1 is 1.30 bits per heavy atom. The lowest BCUT2D eigenvalue weighted by Gasteiger charge is -2.14. The molecule has 2 atom stereocenters. The smallest absolute Gasteiger partial charge is 0.303 e. The first-order chi connectivity index (χ1) is 10.7. The Balaban J connectivity index is 2.49. The number of carbonyl (C=O) groups excluding carboxylic acids is 1. The van der Waals surface area contributed by atoms with E-state index in [0.29, 0.717) is 0 Å². The molecule has 126 valence electrons. The van der Waals surface area contributed by atoms with E-state index in [4.69, 9.17) is 15.3 Å². The van der Waals surface area contributed by atoms with Crippen molar-refractivity contribution in [3.8, 4) is 12.3 Å². The number of aliphatic hydroxyl groups is 1. The number of esters is 1. The fraction of sp³-hybridized carbons (Fsp3) is 0.438. The molecule has 0 amide bonds. The Labute approximate surface area is 136 Å². The molecule has 0 aliphatic carbocycles. The number of rotatable bonds is 8. The number of benzene rings is 1. The molecule has 0 unspecified atom stereocenters. The van der Waals surface area contributed by atoms with Crippen molar-refractivity contribution < 1.29 is 27.2 Å². The summed E-state index contributed by atoms with van der Waals surface area (Å²) in [6.07, 6.45) is 3.77. The Hall–Kier alpha value is -1.88. The quantitative estimate of drug-likeness (QED) is 0.437. The Morgan fingerprint density at radius 2 is 1.91 bits per heavy atom. The van der Waals surface area contributed by atoms with Gasteiger partial charge in [-0.25, -0.2) is 0 Å². The molecule has 0 radical (unpaired) electrons. The van der Waals surface area contributed by atoms with Crippen LogP contribution in [0.4, 0.5) is 0 Å². The zero-order valence-electron chi connectivity index (χ0n) is 13.1. The van der Waals surface area contributed by atoms with Crippen molar-refractivity contribution in [2.24, 2.45) is 0 Å². The SMILES string of the molecule is C#C[C@H](CC[C@H](O)COS(=O)(=O)c1ccc(C)cc1)OC(C)=O. The van der Waals surface area contributed by atoms with Gasteiger partial charge in [0.25, 0.3) is 10.1 Å². The number of hydrogen-bond acceptors (Lipinski definition) is 6. The minimum atomic E-state index is -3.92. The fourth-order valence-corrected chi connectivity index (χ4v) is 2.69. The molecule has 6 nitrogen and oxygen atoms in total. The van der Waals surface area contributed by atoms with Gasteiger partial charge < -0.3 is 9.84 Å². The lowest BCUT2D eigenvalue weighted by molar-refractivity contribution is -0.144. The number of carbonyl (C=O) groups is 1. The van der Waals surface area contributed by atoms with Gasteiger partial charge in [-0.1, -0.05) is 23.6 Å². The van der Waals surface area contributed by atoms with Crippen molar-refractivity contribution in [3.63, 3.8) is 0 Å². The van der Waals surface area contributed by atoms with Crippen LogP contribution in [0.2, 0.25) is 0 Å². The van der Waals surface area contributed by atoms with Crippen molar-refractivity contribution in [1.29, 1.82) is 0 Å². The average Bonchev–Trinajstić information content (AvgIpc) is 2.49. The van der Waals surface area contributed by atoms with Crippen molar-refractivity contribution in [2.75, 3.05) is 6.61 Å². The number of ether oxygens (including phenoxy) is 1. The molecule has 1 N–H and O–H groups in total. The second-order valence-corrected chi connectivity index (χ2v) is 6.66. The van der Waals surface area contributed by atoms with Gasteiger partial charge in [-0.2, -0.15) is 8.42 Å². The molecule has 0 bridgehead atoms. The molecule has 1 rings (SSSR count). The van der Waals surface area contributed by atoms with E-state index in [1.54, 1.807) is 12.1 Å². The number of aliphatic hydroxyl groups excluding tert-OH is 1. The number of terminal acetylenes is 1. The summed E-state index contributed by atoms with van der Waals surface area (Å²) in [5.74, 6) is 1.77. The Bertz CT molecular complexity index is 657. The third-order valence-electron chi connectivity index (χ3n) is 2.98. The monoisotopic (exact) mass is 340 g/mol. The third kappa shape index (κ3) is 6.82. The van der Waals surface area contributed by atoms with E-state index in [9.17, 15) is 18.3 Å². The Kier molecular flexibility index (Phi) is 7.23. The molecule has 7 heteroatoms. The summed E-state index contributed by atoms with van der Waals surface area (Å²) in [5.41, 5.74) is 0.926. The van der Waals surface area contributed by atoms with Crippen LogP contribution in [0.25, 0.3) is 0 Å². The van der Waals surface area contributed by atoms with Gasteiger partial charge in [0.2, 0.25) is 0 Å². The average molecular weight is 340 g/mol. The van der Waals surface area contributed by atoms with Crippen LogP contribution in [0.1, 0.15) is 25.3 Å². The molecule has 0 fully saturated rings. The van der Waals surface area contributed by atoms with Gasteiger partial charge in [0.05, 0.1) is 17.6 Å². The van der Waals surface area contributed by atoms with E-state index in [1.165, 1.54) is 19.1 Å². The van der Waals surface area contributed by atoms with E-state index in [-0.39, 0.29) is 17.7 Å². The van der Waals surface area contributed by atoms with Crippen molar-refractivity contribution in [3.05, 3.63) is 29.8 Å².